The Kier molecular flexibility index (Phi) is 3.48. The molecule has 13 heavy (non-hydrogen) atoms. The number of hydrogen-bond acceptors (Lipinski definition) is 2. The highest BCUT2D eigenvalue weighted by Crippen LogP contribution is 2.44. The van der Waals surface area contributed by atoms with Crippen LogP contribution in [0.5, 0.6) is 0 Å². The van der Waals surface area contributed by atoms with Gasteiger partial charge in [0, 0.05) is 13.1 Å². The first-order chi connectivity index (χ1) is 6.25. The van der Waals surface area contributed by atoms with Crippen LogP contribution in [0.25, 0.3) is 0 Å². The summed E-state index contributed by atoms with van der Waals surface area (Å²) in [6, 6.07) is 0. The first-order valence-corrected chi connectivity index (χ1v) is 4.85. The molecule has 0 unspecified atom stereocenters. The van der Waals surface area contributed by atoms with Crippen molar-refractivity contribution in [2.45, 2.75) is 26.2 Å². The van der Waals surface area contributed by atoms with Gasteiger partial charge in [-0.25, -0.2) is 0 Å². The number of nitrogens with two attached hydrogens (primary N) is 1. The van der Waals surface area contributed by atoms with Crippen molar-refractivity contribution in [1.29, 1.82) is 0 Å². The van der Waals surface area contributed by atoms with Gasteiger partial charge in [-0.15, -0.1) is 0 Å². The summed E-state index contributed by atoms with van der Waals surface area (Å²) < 4.78 is 0. The van der Waals surface area contributed by atoms with Crippen molar-refractivity contribution in [3.8, 4) is 0 Å². The van der Waals surface area contributed by atoms with Crippen molar-refractivity contribution in [1.82, 2.24) is 5.32 Å². The lowest BCUT2D eigenvalue weighted by Crippen LogP contribution is -2.36. The lowest BCUT2D eigenvalue weighted by Gasteiger charge is -2.11. The summed E-state index contributed by atoms with van der Waals surface area (Å²) in [5, 5.41) is 2.90. The predicted octanol–water partition coefficient (Wildman–Crippen LogP) is 0.808. The second kappa shape index (κ2) is 4.42. The van der Waals surface area contributed by atoms with E-state index in [2.05, 4.69) is 5.32 Å². The van der Waals surface area contributed by atoms with Crippen molar-refractivity contribution in [2.24, 2.45) is 11.1 Å². The lowest BCUT2D eigenvalue weighted by atomic mass is 10.1. The average molecular weight is 182 g/mol. The SMILES string of the molecule is C/C=C/CCNC(=O)C1(CN)CC1. The molecular weight excluding hydrogens is 164 g/mol. The molecule has 74 valence electrons. The average Bonchev–Trinajstić information content (AvgIpc) is 2.93. The molecule has 0 bridgehead atoms. The molecule has 1 amide bonds. The van der Waals surface area contributed by atoms with Crippen LogP contribution in [0.4, 0.5) is 0 Å². The van der Waals surface area contributed by atoms with Crippen LogP contribution in [-0.2, 0) is 4.79 Å². The van der Waals surface area contributed by atoms with E-state index in [1.165, 1.54) is 0 Å². The van der Waals surface area contributed by atoms with E-state index in [1.54, 1.807) is 0 Å². The van der Waals surface area contributed by atoms with Crippen LogP contribution < -0.4 is 11.1 Å². The molecule has 0 aliphatic heterocycles. The predicted molar refractivity (Wildman–Crippen MR) is 53.2 cm³/mol. The van der Waals surface area contributed by atoms with Gasteiger partial charge in [0.25, 0.3) is 0 Å². The van der Waals surface area contributed by atoms with E-state index in [-0.39, 0.29) is 11.3 Å². The van der Waals surface area contributed by atoms with Crippen LogP contribution in [0.2, 0.25) is 0 Å². The maximum atomic E-state index is 11.5. The normalized spacial score (nSPS) is 18.9. The van der Waals surface area contributed by atoms with Crippen LogP contribution in [-0.4, -0.2) is 19.0 Å². The first-order valence-electron chi connectivity index (χ1n) is 4.85. The monoisotopic (exact) mass is 182 g/mol. The third-order valence-corrected chi connectivity index (χ3v) is 2.56. The third-order valence-electron chi connectivity index (χ3n) is 2.56. The molecule has 0 heterocycles. The number of rotatable bonds is 5. The highest BCUT2D eigenvalue weighted by Gasteiger charge is 2.48. The van der Waals surface area contributed by atoms with Crippen LogP contribution in [0, 0.1) is 5.41 Å². The molecule has 0 aromatic heterocycles. The Bertz CT molecular complexity index is 207. The topological polar surface area (TPSA) is 55.1 Å². The molecule has 0 atom stereocenters. The summed E-state index contributed by atoms with van der Waals surface area (Å²) in [6.45, 7) is 3.19. The second-order valence-corrected chi connectivity index (χ2v) is 3.60. The summed E-state index contributed by atoms with van der Waals surface area (Å²) in [6.07, 6.45) is 6.85. The molecule has 0 spiro atoms. The van der Waals surface area contributed by atoms with E-state index in [0.717, 1.165) is 25.8 Å². The van der Waals surface area contributed by atoms with Gasteiger partial charge in [-0.3, -0.25) is 4.79 Å². The zero-order valence-corrected chi connectivity index (χ0v) is 8.18. The van der Waals surface area contributed by atoms with Crippen molar-refractivity contribution in [3.05, 3.63) is 12.2 Å². The van der Waals surface area contributed by atoms with Gasteiger partial charge in [0.05, 0.1) is 5.41 Å². The number of nitrogens with one attached hydrogen (secondary N) is 1. The van der Waals surface area contributed by atoms with Crippen LogP contribution in [0.1, 0.15) is 26.2 Å². The summed E-state index contributed by atoms with van der Waals surface area (Å²) in [4.78, 5) is 11.5. The summed E-state index contributed by atoms with van der Waals surface area (Å²) >= 11 is 0. The fourth-order valence-corrected chi connectivity index (χ4v) is 1.30. The van der Waals surface area contributed by atoms with Gasteiger partial charge in [-0.2, -0.15) is 0 Å². The smallest absolute Gasteiger partial charge is 0.227 e. The molecular formula is C10H18N2O. The number of hydrogen-bond donors (Lipinski definition) is 2. The van der Waals surface area contributed by atoms with E-state index in [0.29, 0.717) is 6.54 Å². The van der Waals surface area contributed by atoms with Gasteiger partial charge in [-0.1, -0.05) is 12.2 Å². The Balaban J connectivity index is 2.18. The highest BCUT2D eigenvalue weighted by atomic mass is 16.2. The molecule has 0 radical (unpaired) electrons. The second-order valence-electron chi connectivity index (χ2n) is 3.60. The van der Waals surface area contributed by atoms with Gasteiger partial charge in [0.1, 0.15) is 0 Å². The Hall–Kier alpha value is -0.830. The van der Waals surface area contributed by atoms with Gasteiger partial charge in [0.2, 0.25) is 5.91 Å². The van der Waals surface area contributed by atoms with E-state index < -0.39 is 0 Å². The van der Waals surface area contributed by atoms with E-state index in [1.807, 2.05) is 19.1 Å². The quantitative estimate of drug-likeness (QED) is 0.488. The first kappa shape index (κ1) is 10.3. The molecule has 0 aromatic rings. The minimum atomic E-state index is -0.198. The van der Waals surface area contributed by atoms with Crippen molar-refractivity contribution in [2.75, 3.05) is 13.1 Å². The minimum Gasteiger partial charge on any atom is -0.355 e. The fraction of sp³-hybridized carbons (Fsp3) is 0.700. The van der Waals surface area contributed by atoms with Gasteiger partial charge in [-0.05, 0) is 26.2 Å². The van der Waals surface area contributed by atoms with E-state index >= 15 is 0 Å². The molecule has 3 heteroatoms. The maximum Gasteiger partial charge on any atom is 0.227 e. The maximum absolute atomic E-state index is 11.5. The van der Waals surface area contributed by atoms with Gasteiger partial charge < -0.3 is 11.1 Å². The number of carbonyl (C=O) groups is 1. The molecule has 0 saturated heterocycles. The van der Waals surface area contributed by atoms with E-state index in [4.69, 9.17) is 5.73 Å². The van der Waals surface area contributed by atoms with Crippen LogP contribution in [0.3, 0.4) is 0 Å². The molecule has 1 saturated carbocycles. The Morgan fingerprint density at radius 2 is 2.31 bits per heavy atom. The molecule has 1 rings (SSSR count). The van der Waals surface area contributed by atoms with E-state index in [9.17, 15) is 4.79 Å². The molecule has 0 aromatic carbocycles. The summed E-state index contributed by atoms with van der Waals surface area (Å²) in [7, 11) is 0. The van der Waals surface area contributed by atoms with Crippen molar-refractivity contribution >= 4 is 5.91 Å². The standard InChI is InChI=1S/C10H18N2O/c1-2-3-4-7-12-9(13)10(8-11)5-6-10/h2-3H,4-8,11H2,1H3,(H,12,13)/b3-2+. The number of allylic oxidation sites excluding steroid dienone is 1. The third kappa shape index (κ3) is 2.56. The van der Waals surface area contributed by atoms with Crippen LogP contribution >= 0.6 is 0 Å². The molecule has 1 aliphatic rings. The largest absolute Gasteiger partial charge is 0.355 e. The number of amides is 1. The van der Waals surface area contributed by atoms with Gasteiger partial charge in [0.15, 0.2) is 0 Å². The summed E-state index contributed by atoms with van der Waals surface area (Å²) in [5.74, 6) is 0.138. The number of carbonyl (C=O) groups excluding carboxylic acids is 1. The Labute approximate surface area is 79.4 Å². The Morgan fingerprint density at radius 3 is 2.77 bits per heavy atom. The Morgan fingerprint density at radius 1 is 1.62 bits per heavy atom. The fourth-order valence-electron chi connectivity index (χ4n) is 1.30. The zero-order valence-electron chi connectivity index (χ0n) is 8.18. The highest BCUT2D eigenvalue weighted by molar-refractivity contribution is 5.85. The minimum absolute atomic E-state index is 0.138. The molecule has 1 aliphatic carbocycles. The van der Waals surface area contributed by atoms with Crippen molar-refractivity contribution < 1.29 is 4.79 Å². The molecule has 1 fully saturated rings. The lowest BCUT2D eigenvalue weighted by molar-refractivity contribution is -0.125. The van der Waals surface area contributed by atoms with Crippen LogP contribution in [0.15, 0.2) is 12.2 Å². The summed E-state index contributed by atoms with van der Waals surface area (Å²) in [5.41, 5.74) is 5.33. The molecule has 3 nitrogen and oxygen atoms in total. The van der Waals surface area contributed by atoms with Crippen molar-refractivity contribution in [3.63, 3.8) is 0 Å². The zero-order chi connectivity index (χ0) is 9.73. The molecule has 3 N–H and O–H groups in total. The van der Waals surface area contributed by atoms with Gasteiger partial charge >= 0.3 is 0 Å².